The van der Waals surface area contributed by atoms with Crippen LogP contribution in [0, 0.1) is 28.6 Å². The molecule has 0 radical (unpaired) electrons. The number of nitrogens with zero attached hydrogens (tertiary/aromatic N) is 2. The van der Waals surface area contributed by atoms with Crippen LogP contribution in [0.25, 0.3) is 5.57 Å². The summed E-state index contributed by atoms with van der Waals surface area (Å²) in [6.45, 7) is 8.33. The first-order chi connectivity index (χ1) is 14.5. The standard InChI is InChI=1S/C24H35N3O2S/c1-23-10-8-19-21(30-22(25-19)26-27-11-13-29-14-12-27)18(23)4-3-15-16-5-6-20(28)24(16,2)9-7-17(15)23/h4,15-17,20,28H,3,5-14H2,1-2H3,(H,25,26)/t15-,16-,17-,20-,23+,24-/m0/s1. The normalized spacial score (nSPS) is 43.2. The number of aryl methyl sites for hydroxylation is 1. The van der Waals surface area contributed by atoms with Gasteiger partial charge in [0.05, 0.1) is 29.9 Å². The third-order valence-corrected chi connectivity index (χ3v) is 10.5. The largest absolute Gasteiger partial charge is 0.393 e. The molecule has 1 saturated heterocycles. The van der Waals surface area contributed by atoms with E-state index in [-0.39, 0.29) is 16.9 Å². The summed E-state index contributed by atoms with van der Waals surface area (Å²) in [4.78, 5) is 6.44. The zero-order chi connectivity index (χ0) is 20.5. The zero-order valence-corrected chi connectivity index (χ0v) is 19.1. The molecule has 1 aromatic rings. The number of thiazole rings is 1. The Morgan fingerprint density at radius 1 is 1.17 bits per heavy atom. The summed E-state index contributed by atoms with van der Waals surface area (Å²) in [7, 11) is 0. The first kappa shape index (κ1) is 19.7. The average molecular weight is 430 g/mol. The monoisotopic (exact) mass is 429 g/mol. The number of anilines is 1. The molecule has 5 aliphatic rings. The molecule has 0 spiro atoms. The minimum atomic E-state index is -0.0880. The van der Waals surface area contributed by atoms with Gasteiger partial charge in [-0.15, -0.1) is 0 Å². The summed E-state index contributed by atoms with van der Waals surface area (Å²) in [6.07, 6.45) is 10.7. The van der Waals surface area contributed by atoms with Crippen LogP contribution < -0.4 is 5.43 Å². The quantitative estimate of drug-likeness (QED) is 0.732. The number of aromatic nitrogens is 1. The molecule has 1 aliphatic heterocycles. The lowest BCUT2D eigenvalue weighted by atomic mass is 9.48. The molecular formula is C24H35N3O2S. The number of hydrazine groups is 1. The molecule has 2 heterocycles. The van der Waals surface area contributed by atoms with Crippen LogP contribution in [-0.2, 0) is 11.2 Å². The molecule has 0 bridgehead atoms. The van der Waals surface area contributed by atoms with Crippen molar-refractivity contribution in [2.75, 3.05) is 31.7 Å². The SMILES string of the molecule is C[C@]12CC[C@H]3[C@@H](CC=C4c5sc(NN6CCOCC6)nc5CC[C@@]43C)[C@@H]1CC[C@@H]2O. The maximum atomic E-state index is 10.7. The van der Waals surface area contributed by atoms with Crippen molar-refractivity contribution in [2.45, 2.75) is 64.9 Å². The Morgan fingerprint density at radius 3 is 2.83 bits per heavy atom. The number of fused-ring (bicyclic) bond motifs is 7. The van der Waals surface area contributed by atoms with Gasteiger partial charge in [0.1, 0.15) is 0 Å². The van der Waals surface area contributed by atoms with Gasteiger partial charge >= 0.3 is 0 Å². The van der Waals surface area contributed by atoms with E-state index in [1.54, 1.807) is 5.57 Å². The van der Waals surface area contributed by atoms with Crippen molar-refractivity contribution < 1.29 is 9.84 Å². The van der Waals surface area contributed by atoms with Crippen LogP contribution in [0.1, 0.15) is 62.9 Å². The van der Waals surface area contributed by atoms with E-state index in [0.717, 1.165) is 56.1 Å². The Labute approximate surface area is 183 Å². The van der Waals surface area contributed by atoms with E-state index in [1.807, 2.05) is 11.3 Å². The zero-order valence-electron chi connectivity index (χ0n) is 18.3. The minimum Gasteiger partial charge on any atom is -0.393 e. The summed E-state index contributed by atoms with van der Waals surface area (Å²) in [5, 5.41) is 14.0. The smallest absolute Gasteiger partial charge is 0.198 e. The molecule has 0 aromatic carbocycles. The van der Waals surface area contributed by atoms with Gasteiger partial charge in [-0.25, -0.2) is 9.99 Å². The molecule has 6 atom stereocenters. The maximum Gasteiger partial charge on any atom is 0.198 e. The third kappa shape index (κ3) is 2.79. The molecular weight excluding hydrogens is 394 g/mol. The van der Waals surface area contributed by atoms with Gasteiger partial charge in [-0.05, 0) is 79.1 Å². The fourth-order valence-electron chi connectivity index (χ4n) is 7.71. The topological polar surface area (TPSA) is 57.6 Å². The van der Waals surface area contributed by atoms with Crippen molar-refractivity contribution in [3.63, 3.8) is 0 Å². The van der Waals surface area contributed by atoms with E-state index < -0.39 is 0 Å². The number of hydrogen-bond donors (Lipinski definition) is 2. The molecule has 164 valence electrons. The van der Waals surface area contributed by atoms with Crippen LogP contribution in [0.15, 0.2) is 6.08 Å². The number of ether oxygens (including phenoxy) is 1. The molecule has 6 heteroatoms. The minimum absolute atomic E-state index is 0.0880. The second kappa shape index (κ2) is 7.03. The fourth-order valence-corrected chi connectivity index (χ4v) is 8.92. The Balaban J connectivity index is 1.30. The number of aliphatic hydroxyl groups excluding tert-OH is 1. The summed E-state index contributed by atoms with van der Waals surface area (Å²) >= 11 is 1.86. The van der Waals surface area contributed by atoms with Crippen molar-refractivity contribution in [1.29, 1.82) is 0 Å². The summed E-state index contributed by atoms with van der Waals surface area (Å²) in [6, 6.07) is 0. The summed E-state index contributed by atoms with van der Waals surface area (Å²) in [5.74, 6) is 2.20. The van der Waals surface area contributed by atoms with E-state index in [9.17, 15) is 5.11 Å². The lowest BCUT2D eigenvalue weighted by molar-refractivity contribution is -0.0579. The van der Waals surface area contributed by atoms with Gasteiger partial charge in [0.25, 0.3) is 0 Å². The van der Waals surface area contributed by atoms with Crippen LogP contribution in [-0.4, -0.2) is 47.5 Å². The number of rotatable bonds is 2. The fraction of sp³-hybridized carbons (Fsp3) is 0.792. The van der Waals surface area contributed by atoms with Crippen LogP contribution in [0.4, 0.5) is 5.13 Å². The van der Waals surface area contributed by atoms with E-state index in [1.165, 1.54) is 42.7 Å². The molecule has 6 rings (SSSR count). The number of aliphatic hydroxyl groups is 1. The van der Waals surface area contributed by atoms with E-state index >= 15 is 0 Å². The van der Waals surface area contributed by atoms with E-state index in [4.69, 9.17) is 9.72 Å². The van der Waals surface area contributed by atoms with Crippen molar-refractivity contribution in [1.82, 2.24) is 9.99 Å². The molecule has 0 unspecified atom stereocenters. The van der Waals surface area contributed by atoms with Crippen LogP contribution >= 0.6 is 11.3 Å². The van der Waals surface area contributed by atoms with Gasteiger partial charge in [-0.1, -0.05) is 31.3 Å². The first-order valence-corrected chi connectivity index (χ1v) is 12.8. The van der Waals surface area contributed by atoms with Gasteiger partial charge in [-0.2, -0.15) is 0 Å². The Morgan fingerprint density at radius 2 is 2.00 bits per heavy atom. The lowest BCUT2D eigenvalue weighted by Crippen LogP contribution is -2.50. The summed E-state index contributed by atoms with van der Waals surface area (Å²) < 4.78 is 5.47. The maximum absolute atomic E-state index is 10.7. The van der Waals surface area contributed by atoms with Gasteiger partial charge in [0.2, 0.25) is 0 Å². The highest BCUT2D eigenvalue weighted by Gasteiger charge is 2.58. The van der Waals surface area contributed by atoms with Crippen molar-refractivity contribution in [2.24, 2.45) is 28.6 Å². The van der Waals surface area contributed by atoms with Gasteiger partial charge in [-0.3, -0.25) is 5.43 Å². The molecule has 0 amide bonds. The molecule has 5 nitrogen and oxygen atoms in total. The number of nitrogens with one attached hydrogen (secondary N) is 1. The Kier molecular flexibility index (Phi) is 4.62. The lowest BCUT2D eigenvalue weighted by Gasteiger charge is -2.56. The Hall–Kier alpha value is -0.950. The van der Waals surface area contributed by atoms with Gasteiger partial charge in [0, 0.05) is 13.1 Å². The average Bonchev–Trinajstić information content (AvgIpc) is 3.28. The third-order valence-electron chi connectivity index (χ3n) is 9.50. The summed E-state index contributed by atoms with van der Waals surface area (Å²) in [5.41, 5.74) is 6.86. The predicted octanol–water partition coefficient (Wildman–Crippen LogP) is 4.35. The highest BCUT2D eigenvalue weighted by molar-refractivity contribution is 7.16. The van der Waals surface area contributed by atoms with Crippen LogP contribution in [0.5, 0.6) is 0 Å². The molecule has 30 heavy (non-hydrogen) atoms. The van der Waals surface area contributed by atoms with Crippen molar-refractivity contribution in [3.8, 4) is 0 Å². The van der Waals surface area contributed by atoms with Crippen LogP contribution in [0.3, 0.4) is 0 Å². The molecule has 2 N–H and O–H groups in total. The van der Waals surface area contributed by atoms with Crippen molar-refractivity contribution >= 4 is 22.0 Å². The number of allylic oxidation sites excluding steroid dienone is 2. The van der Waals surface area contributed by atoms with Gasteiger partial charge < -0.3 is 9.84 Å². The Bertz CT molecular complexity index is 863. The highest BCUT2D eigenvalue weighted by atomic mass is 32.1. The predicted molar refractivity (Wildman–Crippen MR) is 120 cm³/mol. The van der Waals surface area contributed by atoms with E-state index in [0.29, 0.717) is 5.92 Å². The second-order valence-corrected chi connectivity index (χ2v) is 11.8. The van der Waals surface area contributed by atoms with E-state index in [2.05, 4.69) is 30.4 Å². The first-order valence-electron chi connectivity index (χ1n) is 12.0. The number of hydrogen-bond acceptors (Lipinski definition) is 6. The van der Waals surface area contributed by atoms with Crippen molar-refractivity contribution in [3.05, 3.63) is 16.6 Å². The molecule has 1 aromatic heterocycles. The second-order valence-electron chi connectivity index (χ2n) is 10.8. The molecule has 4 aliphatic carbocycles. The van der Waals surface area contributed by atoms with Gasteiger partial charge in [0.15, 0.2) is 5.13 Å². The molecule has 3 fully saturated rings. The highest BCUT2D eigenvalue weighted by Crippen LogP contribution is 2.66. The van der Waals surface area contributed by atoms with Crippen LogP contribution in [0.2, 0.25) is 0 Å². The molecule has 2 saturated carbocycles. The number of morpholine rings is 1.